The molecule has 2 N–H and O–H groups in total. The maximum Gasteiger partial charge on any atom is 0.416 e. The fourth-order valence-electron chi connectivity index (χ4n) is 4.81. The van der Waals surface area contributed by atoms with Gasteiger partial charge in [-0.3, -0.25) is 0 Å². The van der Waals surface area contributed by atoms with Gasteiger partial charge in [0.25, 0.3) is 0 Å². The van der Waals surface area contributed by atoms with Gasteiger partial charge >= 0.3 is 37.1 Å². The highest BCUT2D eigenvalue weighted by atomic mass is 32.2. The average molecular weight is 922 g/mol. The van der Waals surface area contributed by atoms with E-state index in [9.17, 15) is 104 Å². The van der Waals surface area contributed by atoms with E-state index in [0.29, 0.717) is 0 Å². The molecule has 0 unspecified atom stereocenters. The highest BCUT2D eigenvalue weighted by molar-refractivity contribution is 7.93. The third-order valence-electron chi connectivity index (χ3n) is 7.58. The van der Waals surface area contributed by atoms with Crippen molar-refractivity contribution in [1.29, 1.82) is 0 Å². The van der Waals surface area contributed by atoms with Gasteiger partial charge in [-0.05, 0) is 66.7 Å². The summed E-state index contributed by atoms with van der Waals surface area (Å²) in [6, 6.07) is -6.09. The number of anilines is 1. The van der Waals surface area contributed by atoms with Crippen molar-refractivity contribution >= 4 is 35.2 Å². The summed E-state index contributed by atoms with van der Waals surface area (Å²) in [5, 5.41) is 0. The molecule has 0 heterocycles. The largest absolute Gasteiger partial charge is 0.416 e. The van der Waals surface area contributed by atoms with Crippen LogP contribution in [0.4, 0.5) is 84.7 Å². The lowest BCUT2D eigenvalue weighted by Gasteiger charge is -2.19. The van der Waals surface area contributed by atoms with Crippen molar-refractivity contribution in [2.24, 2.45) is 0 Å². The Morgan fingerprint density at radius 1 is 0.293 bits per heavy atom. The first kappa shape index (κ1) is 46.0. The van der Waals surface area contributed by atoms with Crippen LogP contribution in [0.1, 0.15) is 33.4 Å². The van der Waals surface area contributed by atoms with Crippen molar-refractivity contribution in [3.63, 3.8) is 0 Å². The number of nitrogen functional groups attached to an aromatic ring is 1. The Kier molecular flexibility index (Phi) is 11.0. The average Bonchev–Trinajstić information content (AvgIpc) is 3.05. The van der Waals surface area contributed by atoms with Gasteiger partial charge < -0.3 is 5.73 Å². The van der Waals surface area contributed by atoms with Crippen molar-refractivity contribution in [1.82, 2.24) is 0 Å². The van der Waals surface area contributed by atoms with Gasteiger partial charge in [0.15, 0.2) is 0 Å². The van der Waals surface area contributed by atoms with Crippen LogP contribution in [0.2, 0.25) is 0 Å². The van der Waals surface area contributed by atoms with E-state index in [-0.39, 0.29) is 0 Å². The predicted molar refractivity (Wildman–Crippen MR) is 157 cm³/mol. The molecule has 7 nitrogen and oxygen atoms in total. The molecule has 4 aromatic carbocycles. The van der Waals surface area contributed by atoms with Crippen LogP contribution in [0.5, 0.6) is 0 Å². The molecule has 0 fully saturated rings. The summed E-state index contributed by atoms with van der Waals surface area (Å²) in [4.78, 5) is -12.9. The van der Waals surface area contributed by atoms with Crippen molar-refractivity contribution in [2.75, 3.05) is 5.73 Å². The zero-order chi connectivity index (χ0) is 44.8. The smallest absolute Gasteiger partial charge is 0.397 e. The van der Waals surface area contributed by atoms with E-state index in [4.69, 9.17) is 5.73 Å². The van der Waals surface area contributed by atoms with Crippen molar-refractivity contribution in [3.05, 3.63) is 100 Å². The van der Waals surface area contributed by atoms with Crippen LogP contribution < -0.4 is 5.73 Å². The molecule has 0 saturated heterocycles. The topological polar surface area (TPSA) is 128 Å². The highest BCUT2D eigenvalue weighted by Gasteiger charge is 2.43. The van der Waals surface area contributed by atoms with E-state index in [1.807, 2.05) is 0 Å². The lowest BCUT2D eigenvalue weighted by molar-refractivity contribution is -0.145. The van der Waals surface area contributed by atoms with Crippen molar-refractivity contribution < 1.29 is 104 Å². The number of benzene rings is 4. The summed E-state index contributed by atoms with van der Waals surface area (Å²) in [7, 11) is -19.0. The van der Waals surface area contributed by atoms with Crippen LogP contribution in [0, 0.1) is 0 Å². The maximum atomic E-state index is 13.8. The molecule has 0 saturated carbocycles. The predicted octanol–water partition coefficient (Wildman–Crippen LogP) is 9.88. The summed E-state index contributed by atoms with van der Waals surface area (Å²) in [6.07, 6.45) is -34.9. The summed E-state index contributed by atoms with van der Waals surface area (Å²) < 4.78 is 328. The molecule has 0 radical (unpaired) electrons. The van der Waals surface area contributed by atoms with Gasteiger partial charge in [0, 0.05) is 0 Å². The second-order valence-corrected chi connectivity index (χ2v) is 17.4. The molecule has 28 heteroatoms. The van der Waals surface area contributed by atoms with E-state index in [2.05, 4.69) is 0 Å². The number of alkyl halides is 18. The van der Waals surface area contributed by atoms with Crippen LogP contribution in [0.3, 0.4) is 0 Å². The minimum Gasteiger partial charge on any atom is -0.397 e. The van der Waals surface area contributed by atoms with E-state index >= 15 is 0 Å². The van der Waals surface area contributed by atoms with E-state index in [0.717, 1.165) is 0 Å². The molecule has 0 aliphatic rings. The van der Waals surface area contributed by atoms with Gasteiger partial charge in [-0.15, -0.1) is 0 Å². The fraction of sp³-hybridized carbons (Fsp3) is 0.200. The molecule has 0 spiro atoms. The van der Waals surface area contributed by atoms with Gasteiger partial charge in [-0.2, -0.15) is 79.0 Å². The number of halogens is 18. The standard InChI is InChI=1S/C30H13F18NO6S3/c31-25(32,33)12-1-13(26(34,35)36)5-18(4-12)56(50,51)21-10-22(57(52,53)19-6-14(27(37,38)39)2-15(7-19)28(40,41)42)24(49)23(11-21)58(54,55)20-8-16(29(43,44)45)3-17(9-20)30(46,47)48/h1-11H,49H2. The second-order valence-electron chi connectivity index (χ2n) is 11.6. The molecule has 4 rings (SSSR count). The normalized spacial score (nSPS) is 14.2. The first-order valence-electron chi connectivity index (χ1n) is 14.3. The minimum absolute atomic E-state index is 0.451. The number of hydrogen-bond donors (Lipinski definition) is 1. The number of rotatable bonds is 6. The molecule has 58 heavy (non-hydrogen) atoms. The van der Waals surface area contributed by atoms with Crippen molar-refractivity contribution in [3.8, 4) is 0 Å². The van der Waals surface area contributed by atoms with E-state index < -0.39 is 202 Å². The number of sulfone groups is 3. The Hall–Kier alpha value is -4.73. The van der Waals surface area contributed by atoms with Gasteiger partial charge in [-0.1, -0.05) is 0 Å². The summed E-state index contributed by atoms with van der Waals surface area (Å²) in [5.74, 6) is 0. The molecule has 4 aromatic rings. The van der Waals surface area contributed by atoms with E-state index in [1.165, 1.54) is 0 Å². The fourth-order valence-corrected chi connectivity index (χ4v) is 9.41. The monoisotopic (exact) mass is 921 g/mol. The Morgan fingerprint density at radius 2 is 0.466 bits per heavy atom. The minimum atomic E-state index is -6.36. The number of nitrogens with two attached hydrogens (primary N) is 1. The molecule has 0 aliphatic heterocycles. The first-order chi connectivity index (χ1) is 25.7. The molecular weight excluding hydrogens is 908 g/mol. The molecule has 0 aliphatic carbocycles. The van der Waals surface area contributed by atoms with Gasteiger partial charge in [0.05, 0.1) is 68.4 Å². The molecule has 318 valence electrons. The van der Waals surface area contributed by atoms with Gasteiger partial charge in [0.1, 0.15) is 0 Å². The molecule has 0 aromatic heterocycles. The Labute approximate surface area is 311 Å². The van der Waals surface area contributed by atoms with Crippen LogP contribution in [-0.2, 0) is 66.6 Å². The maximum absolute atomic E-state index is 13.8. The highest BCUT2D eigenvalue weighted by Crippen LogP contribution is 2.45. The van der Waals surface area contributed by atoms with Crippen LogP contribution in [-0.4, -0.2) is 25.3 Å². The number of hydrogen-bond acceptors (Lipinski definition) is 7. The van der Waals surface area contributed by atoms with Crippen molar-refractivity contribution in [2.45, 2.75) is 66.4 Å². The lowest BCUT2D eigenvalue weighted by atomic mass is 10.1. The van der Waals surface area contributed by atoms with Gasteiger partial charge in [-0.25, -0.2) is 25.3 Å². The quantitative estimate of drug-likeness (QED) is 0.151. The summed E-state index contributed by atoms with van der Waals surface area (Å²) >= 11 is 0. The Balaban J connectivity index is 2.25. The molecule has 0 bridgehead atoms. The third kappa shape index (κ3) is 9.11. The summed E-state index contributed by atoms with van der Waals surface area (Å²) in [6.45, 7) is 0. The Bertz CT molecular complexity index is 2420. The molecule has 0 atom stereocenters. The van der Waals surface area contributed by atoms with Gasteiger partial charge in [0.2, 0.25) is 29.5 Å². The summed E-state index contributed by atoms with van der Waals surface area (Å²) in [5.41, 5.74) is -10.8. The van der Waals surface area contributed by atoms with Crippen LogP contribution >= 0.6 is 0 Å². The second kappa shape index (κ2) is 13.9. The molecular formula is C30H13F18NO6S3. The zero-order valence-electron chi connectivity index (χ0n) is 26.9. The Morgan fingerprint density at radius 3 is 0.655 bits per heavy atom. The van der Waals surface area contributed by atoms with E-state index in [1.54, 1.807) is 0 Å². The van der Waals surface area contributed by atoms with Crippen LogP contribution in [0.15, 0.2) is 96.1 Å². The lowest BCUT2D eigenvalue weighted by Crippen LogP contribution is -2.18. The first-order valence-corrected chi connectivity index (χ1v) is 18.7. The molecule has 0 amide bonds. The SMILES string of the molecule is Nc1c(S(=O)(=O)c2cc(C(F)(F)F)cc(C(F)(F)F)c2)cc(S(=O)(=O)c2cc(C(F)(F)F)cc(C(F)(F)F)c2)cc1S(=O)(=O)c1cc(C(F)(F)F)cc(C(F)(F)F)c1. The third-order valence-corrected chi connectivity index (χ3v) is 12.8. The zero-order valence-corrected chi connectivity index (χ0v) is 29.4. The van der Waals surface area contributed by atoms with Crippen LogP contribution in [0.25, 0.3) is 0 Å².